The van der Waals surface area contributed by atoms with E-state index >= 15 is 0 Å². The number of carbonyl (C=O) groups is 1. The lowest BCUT2D eigenvalue weighted by molar-refractivity contribution is -0.385. The molecule has 0 spiro atoms. The average Bonchev–Trinajstić information content (AvgIpc) is 3.12. The van der Waals surface area contributed by atoms with E-state index in [0.29, 0.717) is 11.8 Å². The molecule has 2 saturated carbocycles. The van der Waals surface area contributed by atoms with Gasteiger partial charge in [0.2, 0.25) is 5.69 Å². The van der Waals surface area contributed by atoms with E-state index in [1.54, 1.807) is 7.05 Å². The lowest BCUT2D eigenvalue weighted by atomic mass is 9.84. The van der Waals surface area contributed by atoms with E-state index in [0.717, 1.165) is 12.1 Å². The van der Waals surface area contributed by atoms with Crippen LogP contribution in [0.5, 0.6) is 0 Å². The minimum atomic E-state index is -0.565. The van der Waals surface area contributed by atoms with Crippen LogP contribution >= 0.6 is 0 Å². The molecule has 1 heterocycles. The summed E-state index contributed by atoms with van der Waals surface area (Å²) in [5.41, 5.74) is -0.217. The van der Waals surface area contributed by atoms with Crippen LogP contribution < -0.4 is 5.32 Å². The Morgan fingerprint density at radius 1 is 1.52 bits per heavy atom. The van der Waals surface area contributed by atoms with Gasteiger partial charge in [0.1, 0.15) is 6.20 Å². The first kappa shape index (κ1) is 14.0. The number of amides is 1. The van der Waals surface area contributed by atoms with Crippen LogP contribution in [-0.2, 0) is 7.05 Å². The molecule has 1 aromatic rings. The van der Waals surface area contributed by atoms with Crippen molar-refractivity contribution in [2.24, 2.45) is 24.8 Å². The van der Waals surface area contributed by atoms with E-state index in [9.17, 15) is 14.9 Å². The topological polar surface area (TPSA) is 90.1 Å². The number of nitro groups is 1. The Kier molecular flexibility index (Phi) is 3.43. The fraction of sp³-hybridized carbons (Fsp3) is 0.714. The normalized spacial score (nSPS) is 28.6. The second kappa shape index (κ2) is 5.13. The Hall–Kier alpha value is -1.92. The fourth-order valence-corrected chi connectivity index (χ4v) is 4.11. The molecule has 0 aliphatic heterocycles. The number of carbonyl (C=O) groups excluding carboxylic acids is 1. The number of rotatable bonds is 4. The standard InChI is InChI=1S/C14H20N4O3/c1-8(11-6-9-3-4-10(11)5-9)16-14(19)13-12(18(20)21)7-15-17(13)2/h7-11H,3-6H2,1-2H3,(H,16,19)/t8-,9-,10-,11-/m0/s1. The minimum Gasteiger partial charge on any atom is -0.348 e. The van der Waals surface area contributed by atoms with Crippen molar-refractivity contribution < 1.29 is 9.72 Å². The Labute approximate surface area is 122 Å². The van der Waals surface area contributed by atoms with Crippen molar-refractivity contribution in [3.05, 3.63) is 22.0 Å². The summed E-state index contributed by atoms with van der Waals surface area (Å²) in [6.07, 6.45) is 6.13. The van der Waals surface area contributed by atoms with Crippen LogP contribution in [-0.4, -0.2) is 26.7 Å². The molecule has 1 N–H and O–H groups in total. The van der Waals surface area contributed by atoms with Crippen LogP contribution in [0.3, 0.4) is 0 Å². The minimum absolute atomic E-state index is 0.0232. The molecule has 2 bridgehead atoms. The molecule has 0 unspecified atom stereocenters. The number of aromatic nitrogens is 2. The maximum Gasteiger partial charge on any atom is 0.320 e. The third kappa shape index (κ3) is 2.41. The quantitative estimate of drug-likeness (QED) is 0.677. The SMILES string of the molecule is C[C@H](NC(=O)c1c([N+](=O)[O-])cnn1C)[C@@H]1C[C@H]2CC[C@H]1C2. The molecule has 3 rings (SSSR count). The van der Waals surface area contributed by atoms with Gasteiger partial charge in [-0.1, -0.05) is 6.42 Å². The van der Waals surface area contributed by atoms with E-state index in [4.69, 9.17) is 0 Å². The van der Waals surface area contributed by atoms with Crippen molar-refractivity contribution in [1.82, 2.24) is 15.1 Å². The van der Waals surface area contributed by atoms with Gasteiger partial charge in [-0.2, -0.15) is 5.10 Å². The van der Waals surface area contributed by atoms with Gasteiger partial charge in [0, 0.05) is 13.1 Å². The number of aryl methyl sites for hydroxylation is 1. The first-order valence-electron chi connectivity index (χ1n) is 7.44. The molecule has 7 heteroatoms. The lowest BCUT2D eigenvalue weighted by Gasteiger charge is -2.28. The highest BCUT2D eigenvalue weighted by molar-refractivity contribution is 5.96. The highest BCUT2D eigenvalue weighted by Gasteiger charge is 2.42. The molecule has 21 heavy (non-hydrogen) atoms. The molecule has 2 fully saturated rings. The van der Waals surface area contributed by atoms with Gasteiger partial charge in [0.25, 0.3) is 5.91 Å². The molecule has 4 atom stereocenters. The molecule has 7 nitrogen and oxygen atoms in total. The second-order valence-corrected chi connectivity index (χ2v) is 6.36. The number of hydrogen-bond acceptors (Lipinski definition) is 4. The summed E-state index contributed by atoms with van der Waals surface area (Å²) in [5, 5.41) is 17.7. The van der Waals surface area contributed by atoms with E-state index in [-0.39, 0.29) is 17.4 Å². The zero-order chi connectivity index (χ0) is 15.1. The van der Waals surface area contributed by atoms with Crippen LogP contribution in [0.15, 0.2) is 6.20 Å². The van der Waals surface area contributed by atoms with Crippen molar-refractivity contribution in [1.29, 1.82) is 0 Å². The first-order chi connectivity index (χ1) is 9.97. The summed E-state index contributed by atoms with van der Waals surface area (Å²) >= 11 is 0. The van der Waals surface area contributed by atoms with Crippen molar-refractivity contribution in [3.63, 3.8) is 0 Å². The van der Waals surface area contributed by atoms with Gasteiger partial charge >= 0.3 is 5.69 Å². The Balaban J connectivity index is 1.72. The molecule has 2 aliphatic rings. The Morgan fingerprint density at radius 2 is 2.29 bits per heavy atom. The van der Waals surface area contributed by atoms with Crippen molar-refractivity contribution >= 4 is 11.6 Å². The summed E-state index contributed by atoms with van der Waals surface area (Å²) in [7, 11) is 1.55. The zero-order valence-corrected chi connectivity index (χ0v) is 12.3. The second-order valence-electron chi connectivity index (χ2n) is 6.36. The predicted octanol–water partition coefficient (Wildman–Crippen LogP) is 1.88. The molecule has 1 amide bonds. The summed E-state index contributed by atoms with van der Waals surface area (Å²) in [5.74, 6) is 1.61. The Bertz CT molecular complexity index is 583. The zero-order valence-electron chi connectivity index (χ0n) is 12.3. The highest BCUT2D eigenvalue weighted by atomic mass is 16.6. The van der Waals surface area contributed by atoms with Crippen LogP contribution in [0.1, 0.15) is 43.1 Å². The maximum atomic E-state index is 12.3. The monoisotopic (exact) mass is 292 g/mol. The van der Waals surface area contributed by atoms with Gasteiger partial charge in [-0.15, -0.1) is 0 Å². The molecular formula is C14H20N4O3. The van der Waals surface area contributed by atoms with Crippen LogP contribution in [0.25, 0.3) is 0 Å². The molecule has 0 saturated heterocycles. The number of nitrogens with one attached hydrogen (secondary N) is 1. The number of hydrogen-bond donors (Lipinski definition) is 1. The van der Waals surface area contributed by atoms with Crippen LogP contribution in [0.2, 0.25) is 0 Å². The smallest absolute Gasteiger partial charge is 0.320 e. The molecular weight excluding hydrogens is 272 g/mol. The first-order valence-corrected chi connectivity index (χ1v) is 7.44. The van der Waals surface area contributed by atoms with Crippen LogP contribution in [0.4, 0.5) is 5.69 Å². The van der Waals surface area contributed by atoms with Crippen molar-refractivity contribution in [2.75, 3.05) is 0 Å². The summed E-state index contributed by atoms with van der Waals surface area (Å²) in [6.45, 7) is 2.01. The van der Waals surface area contributed by atoms with Gasteiger partial charge < -0.3 is 5.32 Å². The van der Waals surface area contributed by atoms with E-state index in [2.05, 4.69) is 10.4 Å². The third-order valence-electron chi connectivity index (χ3n) is 5.13. The third-order valence-corrected chi connectivity index (χ3v) is 5.13. The average molecular weight is 292 g/mol. The largest absolute Gasteiger partial charge is 0.348 e. The predicted molar refractivity (Wildman–Crippen MR) is 75.7 cm³/mol. The molecule has 114 valence electrons. The summed E-state index contributed by atoms with van der Waals surface area (Å²) in [4.78, 5) is 22.7. The van der Waals surface area contributed by atoms with Crippen LogP contribution in [0, 0.1) is 27.9 Å². The lowest BCUT2D eigenvalue weighted by Crippen LogP contribution is -2.40. The van der Waals surface area contributed by atoms with Crippen molar-refractivity contribution in [2.45, 2.75) is 38.6 Å². The number of nitrogens with zero attached hydrogens (tertiary/aromatic N) is 3. The maximum absolute atomic E-state index is 12.3. The number of fused-ring (bicyclic) bond motifs is 2. The van der Waals surface area contributed by atoms with Gasteiger partial charge in [0.15, 0.2) is 0 Å². The fourth-order valence-electron chi connectivity index (χ4n) is 4.11. The van der Waals surface area contributed by atoms with E-state index < -0.39 is 10.8 Å². The van der Waals surface area contributed by atoms with E-state index in [1.165, 1.54) is 30.4 Å². The van der Waals surface area contributed by atoms with Gasteiger partial charge in [0.05, 0.1) is 4.92 Å². The van der Waals surface area contributed by atoms with E-state index in [1.807, 2.05) is 6.92 Å². The summed E-state index contributed by atoms with van der Waals surface area (Å²) in [6, 6.07) is 0.0438. The van der Waals surface area contributed by atoms with Gasteiger partial charge in [-0.3, -0.25) is 19.6 Å². The highest BCUT2D eigenvalue weighted by Crippen LogP contribution is 2.49. The molecule has 1 aromatic heterocycles. The Morgan fingerprint density at radius 3 is 2.86 bits per heavy atom. The molecule has 2 aliphatic carbocycles. The molecule has 0 aromatic carbocycles. The van der Waals surface area contributed by atoms with Gasteiger partial charge in [-0.25, -0.2) is 0 Å². The van der Waals surface area contributed by atoms with Crippen molar-refractivity contribution in [3.8, 4) is 0 Å². The molecule has 0 radical (unpaired) electrons. The summed E-state index contributed by atoms with van der Waals surface area (Å²) < 4.78 is 1.26. The van der Waals surface area contributed by atoms with Gasteiger partial charge in [-0.05, 0) is 43.9 Å².